The molecule has 0 aromatic carbocycles. The van der Waals surface area contributed by atoms with Gasteiger partial charge >= 0.3 is 0 Å². The minimum atomic E-state index is 1.00. The number of rotatable bonds is 1. The van der Waals surface area contributed by atoms with Gasteiger partial charge in [0.1, 0.15) is 0 Å². The van der Waals surface area contributed by atoms with Crippen LogP contribution in [0.2, 0.25) is 0 Å². The molecular formula is C14H18N2. The lowest BCUT2D eigenvalue weighted by molar-refractivity contribution is 1.12. The Balaban J connectivity index is 0.000000606. The van der Waals surface area contributed by atoms with Crippen LogP contribution in [0.3, 0.4) is 0 Å². The maximum absolute atomic E-state index is 4.33. The lowest BCUT2D eigenvalue weighted by atomic mass is 10.1. The summed E-state index contributed by atoms with van der Waals surface area (Å²) in [5.41, 5.74) is 4.20. The fourth-order valence-electron chi connectivity index (χ4n) is 1.52. The molecule has 0 aliphatic heterocycles. The SMILES string of the molecule is CC.Cc1cc(-c2ccccn2)cc(C)n1. The van der Waals surface area contributed by atoms with Crippen molar-refractivity contribution in [3.8, 4) is 11.3 Å². The van der Waals surface area contributed by atoms with E-state index >= 15 is 0 Å². The monoisotopic (exact) mass is 214 g/mol. The van der Waals surface area contributed by atoms with Gasteiger partial charge < -0.3 is 0 Å². The number of hydrogen-bond donors (Lipinski definition) is 0. The Morgan fingerprint density at radius 2 is 1.56 bits per heavy atom. The van der Waals surface area contributed by atoms with Crippen LogP contribution in [0.5, 0.6) is 0 Å². The van der Waals surface area contributed by atoms with E-state index < -0.39 is 0 Å². The molecule has 16 heavy (non-hydrogen) atoms. The van der Waals surface area contributed by atoms with Crippen LogP contribution in [0.15, 0.2) is 36.5 Å². The molecule has 0 bridgehead atoms. The van der Waals surface area contributed by atoms with Crippen LogP contribution < -0.4 is 0 Å². The van der Waals surface area contributed by atoms with E-state index in [1.54, 1.807) is 6.20 Å². The Morgan fingerprint density at radius 1 is 0.938 bits per heavy atom. The first-order valence-electron chi connectivity index (χ1n) is 5.62. The summed E-state index contributed by atoms with van der Waals surface area (Å²) in [4.78, 5) is 8.64. The van der Waals surface area contributed by atoms with Crippen LogP contribution >= 0.6 is 0 Å². The van der Waals surface area contributed by atoms with Gasteiger partial charge in [0.2, 0.25) is 0 Å². The fourth-order valence-corrected chi connectivity index (χ4v) is 1.52. The first-order chi connectivity index (χ1) is 7.75. The predicted octanol–water partition coefficient (Wildman–Crippen LogP) is 3.79. The summed E-state index contributed by atoms with van der Waals surface area (Å²) in [6, 6.07) is 10.0. The zero-order valence-electron chi connectivity index (χ0n) is 10.4. The fraction of sp³-hybridized carbons (Fsp3) is 0.286. The van der Waals surface area contributed by atoms with Gasteiger partial charge in [-0.25, -0.2) is 0 Å². The van der Waals surface area contributed by atoms with Crippen molar-refractivity contribution in [2.24, 2.45) is 0 Å². The third-order valence-electron chi connectivity index (χ3n) is 2.04. The summed E-state index contributed by atoms with van der Waals surface area (Å²) in [5, 5.41) is 0. The van der Waals surface area contributed by atoms with Crippen LogP contribution in [0.1, 0.15) is 25.2 Å². The van der Waals surface area contributed by atoms with E-state index in [2.05, 4.69) is 22.1 Å². The average Bonchev–Trinajstić information content (AvgIpc) is 2.32. The Labute approximate surface area is 97.4 Å². The highest BCUT2D eigenvalue weighted by Crippen LogP contribution is 2.17. The summed E-state index contributed by atoms with van der Waals surface area (Å²) in [6.45, 7) is 8.00. The largest absolute Gasteiger partial charge is 0.258 e. The first kappa shape index (κ1) is 12.4. The molecule has 0 aliphatic rings. The molecule has 0 N–H and O–H groups in total. The van der Waals surface area contributed by atoms with E-state index in [0.717, 1.165) is 22.6 Å². The number of pyridine rings is 2. The molecule has 0 spiro atoms. The van der Waals surface area contributed by atoms with Crippen molar-refractivity contribution in [1.29, 1.82) is 0 Å². The van der Waals surface area contributed by atoms with E-state index in [4.69, 9.17) is 0 Å². The highest BCUT2D eigenvalue weighted by atomic mass is 14.7. The third-order valence-corrected chi connectivity index (χ3v) is 2.04. The maximum atomic E-state index is 4.33. The minimum Gasteiger partial charge on any atom is -0.258 e. The standard InChI is InChI=1S/C12H12N2.C2H6/c1-9-7-11(8-10(2)14-9)12-5-3-4-6-13-12;1-2/h3-8H,1-2H3;1-2H3. The molecule has 2 heterocycles. The molecule has 2 aromatic heterocycles. The Bertz CT molecular complexity index is 415. The Kier molecular flexibility index (Phi) is 4.65. The van der Waals surface area contributed by atoms with Gasteiger partial charge in [-0.05, 0) is 38.1 Å². The van der Waals surface area contributed by atoms with Gasteiger partial charge in [0.15, 0.2) is 0 Å². The molecule has 0 fully saturated rings. The molecule has 0 atom stereocenters. The van der Waals surface area contributed by atoms with Crippen molar-refractivity contribution >= 4 is 0 Å². The van der Waals surface area contributed by atoms with Gasteiger partial charge in [-0.3, -0.25) is 9.97 Å². The Hall–Kier alpha value is -1.70. The molecule has 84 valence electrons. The molecular weight excluding hydrogens is 196 g/mol. The van der Waals surface area contributed by atoms with E-state index in [1.165, 1.54) is 0 Å². The number of aryl methyl sites for hydroxylation is 2. The van der Waals surface area contributed by atoms with Crippen molar-refractivity contribution in [2.75, 3.05) is 0 Å². The van der Waals surface area contributed by atoms with Crippen molar-refractivity contribution in [3.63, 3.8) is 0 Å². The summed E-state index contributed by atoms with van der Waals surface area (Å²) in [5.74, 6) is 0. The molecule has 0 saturated carbocycles. The van der Waals surface area contributed by atoms with Crippen molar-refractivity contribution < 1.29 is 0 Å². The van der Waals surface area contributed by atoms with Crippen molar-refractivity contribution in [2.45, 2.75) is 27.7 Å². The molecule has 2 rings (SSSR count). The van der Waals surface area contributed by atoms with Gasteiger partial charge in [-0.15, -0.1) is 0 Å². The van der Waals surface area contributed by atoms with E-state index in [-0.39, 0.29) is 0 Å². The zero-order chi connectivity index (χ0) is 12.0. The third kappa shape index (κ3) is 3.16. The van der Waals surface area contributed by atoms with Crippen LogP contribution in [0.25, 0.3) is 11.3 Å². The van der Waals surface area contributed by atoms with E-state index in [1.807, 2.05) is 45.9 Å². The smallest absolute Gasteiger partial charge is 0.0703 e. The minimum absolute atomic E-state index is 1.00. The maximum Gasteiger partial charge on any atom is 0.0703 e. The molecule has 2 aromatic rings. The van der Waals surface area contributed by atoms with Crippen LogP contribution in [0, 0.1) is 13.8 Å². The molecule has 0 saturated heterocycles. The van der Waals surface area contributed by atoms with E-state index in [0.29, 0.717) is 0 Å². The van der Waals surface area contributed by atoms with Gasteiger partial charge in [0.25, 0.3) is 0 Å². The van der Waals surface area contributed by atoms with Crippen LogP contribution in [-0.4, -0.2) is 9.97 Å². The zero-order valence-corrected chi connectivity index (χ0v) is 10.4. The summed E-state index contributed by atoms with van der Waals surface area (Å²) in [6.07, 6.45) is 1.81. The second-order valence-electron chi connectivity index (χ2n) is 3.35. The first-order valence-corrected chi connectivity index (χ1v) is 5.62. The normalized spacial score (nSPS) is 9.25. The number of hydrogen-bond acceptors (Lipinski definition) is 2. The second-order valence-corrected chi connectivity index (χ2v) is 3.35. The van der Waals surface area contributed by atoms with Gasteiger partial charge in [-0.2, -0.15) is 0 Å². The molecule has 2 nitrogen and oxygen atoms in total. The molecule has 2 heteroatoms. The van der Waals surface area contributed by atoms with E-state index in [9.17, 15) is 0 Å². The molecule has 0 aliphatic carbocycles. The molecule has 0 amide bonds. The lowest BCUT2D eigenvalue weighted by Gasteiger charge is -2.02. The quantitative estimate of drug-likeness (QED) is 0.721. The lowest BCUT2D eigenvalue weighted by Crippen LogP contribution is -1.89. The second kappa shape index (κ2) is 6.01. The predicted molar refractivity (Wildman–Crippen MR) is 68.3 cm³/mol. The average molecular weight is 214 g/mol. The van der Waals surface area contributed by atoms with Gasteiger partial charge in [0.05, 0.1) is 5.69 Å². The topological polar surface area (TPSA) is 25.8 Å². The summed E-state index contributed by atoms with van der Waals surface area (Å²) in [7, 11) is 0. The van der Waals surface area contributed by atoms with Crippen molar-refractivity contribution in [3.05, 3.63) is 47.9 Å². The molecule has 0 radical (unpaired) electrons. The molecule has 0 unspecified atom stereocenters. The highest BCUT2D eigenvalue weighted by Gasteiger charge is 2.00. The number of nitrogens with zero attached hydrogens (tertiary/aromatic N) is 2. The Morgan fingerprint density at radius 3 is 2.06 bits per heavy atom. The van der Waals surface area contributed by atoms with Crippen LogP contribution in [-0.2, 0) is 0 Å². The number of aromatic nitrogens is 2. The van der Waals surface area contributed by atoms with Crippen molar-refractivity contribution in [1.82, 2.24) is 9.97 Å². The van der Waals surface area contributed by atoms with Crippen LogP contribution in [0.4, 0.5) is 0 Å². The van der Waals surface area contributed by atoms with Gasteiger partial charge in [-0.1, -0.05) is 19.9 Å². The summed E-state index contributed by atoms with van der Waals surface area (Å²) < 4.78 is 0. The highest BCUT2D eigenvalue weighted by molar-refractivity contribution is 5.59. The summed E-state index contributed by atoms with van der Waals surface area (Å²) >= 11 is 0. The van der Waals surface area contributed by atoms with Gasteiger partial charge in [0, 0.05) is 23.1 Å².